The van der Waals surface area contributed by atoms with Crippen LogP contribution < -0.4 is 0 Å². The molecule has 0 saturated heterocycles. The van der Waals surface area contributed by atoms with Gasteiger partial charge >= 0.3 is 5.97 Å². The molecule has 0 amide bonds. The van der Waals surface area contributed by atoms with Crippen molar-refractivity contribution in [2.75, 3.05) is 0 Å². The fourth-order valence-electron chi connectivity index (χ4n) is 2.53. The summed E-state index contributed by atoms with van der Waals surface area (Å²) in [7, 11) is 0. The van der Waals surface area contributed by atoms with Crippen LogP contribution in [-0.2, 0) is 9.59 Å². The van der Waals surface area contributed by atoms with E-state index in [1.807, 2.05) is 0 Å². The maximum Gasteiger partial charge on any atom is 0.315 e. The fraction of sp³-hybridized carbons (Fsp3) is 0.278. The Bertz CT molecular complexity index is 735. The zero-order chi connectivity index (χ0) is 17.9. The van der Waals surface area contributed by atoms with Crippen LogP contribution in [-0.4, -0.2) is 22.6 Å². The van der Waals surface area contributed by atoms with E-state index in [2.05, 4.69) is 0 Å². The summed E-state index contributed by atoms with van der Waals surface area (Å²) in [5.74, 6) is -5.96. The van der Waals surface area contributed by atoms with Crippen LogP contribution >= 0.6 is 11.3 Å². The number of carbonyl (C=O) groups is 3. The predicted octanol–water partition coefficient (Wildman–Crippen LogP) is 3.78. The lowest BCUT2D eigenvalue weighted by molar-refractivity contribution is -0.147. The molecule has 0 bridgehead atoms. The predicted molar refractivity (Wildman–Crippen MR) is 88.8 cm³/mol. The lowest BCUT2D eigenvalue weighted by Crippen LogP contribution is -2.36. The minimum Gasteiger partial charge on any atom is -0.481 e. The van der Waals surface area contributed by atoms with Gasteiger partial charge < -0.3 is 5.11 Å². The number of halogens is 1. The van der Waals surface area contributed by atoms with Crippen LogP contribution in [0.25, 0.3) is 0 Å². The van der Waals surface area contributed by atoms with Crippen molar-refractivity contribution in [3.05, 3.63) is 58.0 Å². The Hall–Kier alpha value is -2.34. The zero-order valence-electron chi connectivity index (χ0n) is 13.2. The van der Waals surface area contributed by atoms with Gasteiger partial charge in [-0.15, -0.1) is 0 Å². The minimum absolute atomic E-state index is 0.176. The van der Waals surface area contributed by atoms with Crippen molar-refractivity contribution in [1.82, 2.24) is 0 Å². The highest BCUT2D eigenvalue weighted by atomic mass is 32.1. The third-order valence-electron chi connectivity index (χ3n) is 3.79. The molecule has 2 atom stereocenters. The number of thiophene rings is 1. The molecule has 2 rings (SSSR count). The van der Waals surface area contributed by atoms with Crippen molar-refractivity contribution < 1.29 is 23.9 Å². The number of hydrogen-bond acceptors (Lipinski definition) is 4. The Labute approximate surface area is 142 Å². The fourth-order valence-corrected chi connectivity index (χ4v) is 3.23. The van der Waals surface area contributed by atoms with Gasteiger partial charge in [-0.2, -0.15) is 11.3 Å². The van der Waals surface area contributed by atoms with E-state index >= 15 is 0 Å². The molecule has 126 valence electrons. The van der Waals surface area contributed by atoms with Gasteiger partial charge in [-0.05, 0) is 46.7 Å². The highest BCUT2D eigenvalue weighted by Gasteiger charge is 2.41. The van der Waals surface area contributed by atoms with Gasteiger partial charge in [0.25, 0.3) is 0 Å². The van der Waals surface area contributed by atoms with E-state index in [0.717, 1.165) is 12.1 Å². The van der Waals surface area contributed by atoms with E-state index in [1.165, 1.54) is 23.5 Å². The zero-order valence-corrected chi connectivity index (χ0v) is 14.0. The molecule has 0 aliphatic rings. The number of carbonyl (C=O) groups excluding carboxylic acids is 2. The van der Waals surface area contributed by atoms with Gasteiger partial charge in [0.05, 0.1) is 5.92 Å². The molecule has 1 N–H and O–H groups in total. The first-order valence-electron chi connectivity index (χ1n) is 7.41. The Morgan fingerprint density at radius 1 is 1.08 bits per heavy atom. The summed E-state index contributed by atoms with van der Waals surface area (Å²) < 4.78 is 13.1. The van der Waals surface area contributed by atoms with Gasteiger partial charge in [0.1, 0.15) is 11.7 Å². The first-order valence-corrected chi connectivity index (χ1v) is 8.35. The molecule has 0 saturated carbocycles. The Morgan fingerprint density at radius 3 is 2.17 bits per heavy atom. The highest BCUT2D eigenvalue weighted by molar-refractivity contribution is 7.08. The standard InChI is InChI=1S/C18H17FO4S/c1-10(2)16(20)15(18(22)23)14(12-7-8-24-9-12)17(21)11-3-5-13(19)6-4-11/h3-10,14-15H,1-2H3,(H,22,23). The normalized spacial score (nSPS) is 13.5. The van der Waals surface area contributed by atoms with E-state index in [1.54, 1.807) is 30.7 Å². The van der Waals surface area contributed by atoms with E-state index < -0.39 is 41.1 Å². The summed E-state index contributed by atoms with van der Waals surface area (Å²) >= 11 is 1.32. The molecule has 6 heteroatoms. The quantitative estimate of drug-likeness (QED) is 0.610. The minimum atomic E-state index is -1.47. The molecule has 2 aromatic rings. The number of benzene rings is 1. The highest BCUT2D eigenvalue weighted by Crippen LogP contribution is 2.33. The third kappa shape index (κ3) is 3.76. The summed E-state index contributed by atoms with van der Waals surface area (Å²) in [4.78, 5) is 37.1. The van der Waals surface area contributed by atoms with E-state index in [4.69, 9.17) is 0 Å². The van der Waals surface area contributed by atoms with Crippen LogP contribution in [0, 0.1) is 17.7 Å². The largest absolute Gasteiger partial charge is 0.481 e. The molecule has 0 aliphatic carbocycles. The van der Waals surface area contributed by atoms with Gasteiger partial charge in [-0.1, -0.05) is 13.8 Å². The molecule has 1 heterocycles. The maximum absolute atomic E-state index is 13.1. The van der Waals surface area contributed by atoms with Crippen LogP contribution in [0.3, 0.4) is 0 Å². The van der Waals surface area contributed by atoms with Gasteiger partial charge in [0.2, 0.25) is 0 Å². The number of carboxylic acids is 1. The molecule has 0 aliphatic heterocycles. The molecule has 24 heavy (non-hydrogen) atoms. The molecule has 0 spiro atoms. The number of hydrogen-bond donors (Lipinski definition) is 1. The number of Topliss-reactive ketones (excluding diaryl/α,β-unsaturated/α-hetero) is 2. The van der Waals surface area contributed by atoms with Crippen LogP contribution in [0.1, 0.15) is 35.7 Å². The lowest BCUT2D eigenvalue weighted by Gasteiger charge is -2.23. The molecular weight excluding hydrogens is 331 g/mol. The van der Waals surface area contributed by atoms with E-state index in [0.29, 0.717) is 5.56 Å². The van der Waals surface area contributed by atoms with Crippen molar-refractivity contribution in [2.24, 2.45) is 11.8 Å². The molecular formula is C18H17FO4S. The van der Waals surface area contributed by atoms with Crippen molar-refractivity contribution in [1.29, 1.82) is 0 Å². The summed E-state index contributed by atoms with van der Waals surface area (Å²) in [6.07, 6.45) is 0. The van der Waals surface area contributed by atoms with Gasteiger partial charge in [-0.3, -0.25) is 14.4 Å². The number of aliphatic carboxylic acids is 1. The monoisotopic (exact) mass is 348 g/mol. The first kappa shape index (κ1) is 18.0. The smallest absolute Gasteiger partial charge is 0.315 e. The van der Waals surface area contributed by atoms with Crippen molar-refractivity contribution >= 4 is 28.9 Å². The second kappa shape index (κ2) is 7.49. The maximum atomic E-state index is 13.1. The second-order valence-electron chi connectivity index (χ2n) is 5.78. The summed E-state index contributed by atoms with van der Waals surface area (Å²) in [5.41, 5.74) is 0.658. The molecule has 2 unspecified atom stereocenters. The van der Waals surface area contributed by atoms with Gasteiger partial charge in [0, 0.05) is 11.5 Å². The Balaban J connectivity index is 2.52. The third-order valence-corrected chi connectivity index (χ3v) is 4.49. The average molecular weight is 348 g/mol. The van der Waals surface area contributed by atoms with Crippen molar-refractivity contribution in [3.8, 4) is 0 Å². The first-order chi connectivity index (χ1) is 11.3. The Kier molecular flexibility index (Phi) is 5.62. The molecule has 0 radical (unpaired) electrons. The SMILES string of the molecule is CC(C)C(=O)C(C(=O)O)C(C(=O)c1ccc(F)cc1)c1ccsc1. The topological polar surface area (TPSA) is 71.4 Å². The summed E-state index contributed by atoms with van der Waals surface area (Å²) in [6.45, 7) is 3.21. The van der Waals surface area contributed by atoms with Crippen molar-refractivity contribution in [2.45, 2.75) is 19.8 Å². The number of ketones is 2. The summed E-state index contributed by atoms with van der Waals surface area (Å²) in [5, 5.41) is 13.0. The summed E-state index contributed by atoms with van der Waals surface area (Å²) in [6, 6.07) is 6.52. The van der Waals surface area contributed by atoms with Crippen LogP contribution in [0.4, 0.5) is 4.39 Å². The van der Waals surface area contributed by atoms with Gasteiger partial charge in [-0.25, -0.2) is 4.39 Å². The Morgan fingerprint density at radius 2 is 1.71 bits per heavy atom. The number of carboxylic acid groups (broad SMARTS) is 1. The van der Waals surface area contributed by atoms with Crippen molar-refractivity contribution in [3.63, 3.8) is 0 Å². The second-order valence-corrected chi connectivity index (χ2v) is 6.56. The van der Waals surface area contributed by atoms with E-state index in [9.17, 15) is 23.9 Å². The molecule has 4 nitrogen and oxygen atoms in total. The lowest BCUT2D eigenvalue weighted by atomic mass is 9.77. The van der Waals surface area contributed by atoms with Crippen LogP contribution in [0.15, 0.2) is 41.1 Å². The number of rotatable bonds is 7. The van der Waals surface area contributed by atoms with Crippen LogP contribution in [0.2, 0.25) is 0 Å². The molecule has 1 aromatic heterocycles. The molecule has 1 aromatic carbocycles. The van der Waals surface area contributed by atoms with Crippen LogP contribution in [0.5, 0.6) is 0 Å². The van der Waals surface area contributed by atoms with Gasteiger partial charge in [0.15, 0.2) is 11.6 Å². The molecule has 0 fully saturated rings. The van der Waals surface area contributed by atoms with E-state index in [-0.39, 0.29) is 5.56 Å². The average Bonchev–Trinajstić information content (AvgIpc) is 3.05.